The number of carbonyl (C=O) groups is 1. The molecule has 0 spiro atoms. The van der Waals surface area contributed by atoms with Gasteiger partial charge in [-0.05, 0) is 49.6 Å². The van der Waals surface area contributed by atoms with Crippen molar-refractivity contribution < 1.29 is 4.79 Å². The standard InChI is InChI=1S/C19H24ClN3OS/c1-22(12-15-4-2-8-21-11-15)13-16-5-3-9-23(14-16)19(24)10-17-6-7-18(20)25-17/h2,4,6-8,11,16H,3,5,9-10,12-14H2,1H3/t16-/m1/s1. The molecule has 0 bridgehead atoms. The van der Waals surface area contributed by atoms with Crippen LogP contribution in [0.2, 0.25) is 4.34 Å². The number of nitrogens with zero attached hydrogens (tertiary/aromatic N) is 3. The summed E-state index contributed by atoms with van der Waals surface area (Å²) in [6, 6.07) is 7.89. The van der Waals surface area contributed by atoms with Gasteiger partial charge in [-0.15, -0.1) is 11.3 Å². The molecule has 4 nitrogen and oxygen atoms in total. The number of halogens is 1. The number of carbonyl (C=O) groups excluding carboxylic acids is 1. The van der Waals surface area contributed by atoms with Crippen molar-refractivity contribution in [2.45, 2.75) is 25.8 Å². The highest BCUT2D eigenvalue weighted by atomic mass is 35.5. The first-order valence-corrected chi connectivity index (χ1v) is 9.89. The molecule has 3 rings (SSSR count). The zero-order valence-electron chi connectivity index (χ0n) is 14.5. The molecule has 2 aromatic heterocycles. The van der Waals surface area contributed by atoms with E-state index in [1.54, 1.807) is 6.20 Å². The molecule has 1 amide bonds. The number of hydrogen-bond donors (Lipinski definition) is 0. The maximum absolute atomic E-state index is 12.6. The third kappa shape index (κ3) is 5.53. The minimum absolute atomic E-state index is 0.220. The summed E-state index contributed by atoms with van der Waals surface area (Å²) in [7, 11) is 2.14. The third-order valence-electron chi connectivity index (χ3n) is 4.57. The van der Waals surface area contributed by atoms with Crippen molar-refractivity contribution in [2.75, 3.05) is 26.7 Å². The van der Waals surface area contributed by atoms with Crippen LogP contribution in [-0.2, 0) is 17.8 Å². The molecule has 0 aliphatic carbocycles. The van der Waals surface area contributed by atoms with Gasteiger partial charge in [0.05, 0.1) is 10.8 Å². The lowest BCUT2D eigenvalue weighted by atomic mass is 9.97. The van der Waals surface area contributed by atoms with Gasteiger partial charge in [-0.1, -0.05) is 17.7 Å². The maximum Gasteiger partial charge on any atom is 0.227 e. The summed E-state index contributed by atoms with van der Waals surface area (Å²) < 4.78 is 0.747. The van der Waals surface area contributed by atoms with Gasteiger partial charge in [-0.25, -0.2) is 0 Å². The number of hydrogen-bond acceptors (Lipinski definition) is 4. The van der Waals surface area contributed by atoms with E-state index in [2.05, 4.69) is 23.0 Å². The first kappa shape index (κ1) is 18.4. The normalized spacial score (nSPS) is 17.9. The van der Waals surface area contributed by atoms with E-state index in [9.17, 15) is 4.79 Å². The summed E-state index contributed by atoms with van der Waals surface area (Å²) in [6.07, 6.45) is 6.46. The van der Waals surface area contributed by atoms with E-state index in [1.165, 1.54) is 23.3 Å². The Morgan fingerprint density at radius 1 is 1.44 bits per heavy atom. The average Bonchev–Trinajstić information content (AvgIpc) is 3.00. The smallest absolute Gasteiger partial charge is 0.227 e. The number of pyridine rings is 1. The first-order chi connectivity index (χ1) is 12.1. The second-order valence-electron chi connectivity index (χ2n) is 6.79. The molecule has 134 valence electrons. The van der Waals surface area contributed by atoms with Crippen molar-refractivity contribution in [3.8, 4) is 0 Å². The van der Waals surface area contributed by atoms with Crippen LogP contribution in [0.5, 0.6) is 0 Å². The van der Waals surface area contributed by atoms with Crippen LogP contribution >= 0.6 is 22.9 Å². The van der Waals surface area contributed by atoms with Crippen LogP contribution in [0.3, 0.4) is 0 Å². The van der Waals surface area contributed by atoms with Crippen molar-refractivity contribution in [2.24, 2.45) is 5.92 Å². The molecule has 0 N–H and O–H groups in total. The molecule has 0 aromatic carbocycles. The van der Waals surface area contributed by atoms with Crippen molar-refractivity contribution in [1.29, 1.82) is 0 Å². The highest BCUT2D eigenvalue weighted by Gasteiger charge is 2.24. The molecule has 1 aliphatic rings. The van der Waals surface area contributed by atoms with E-state index in [0.29, 0.717) is 12.3 Å². The summed E-state index contributed by atoms with van der Waals surface area (Å²) in [4.78, 5) is 22.1. The number of likely N-dealkylation sites (tertiary alicyclic amines) is 1. The number of thiophene rings is 1. The highest BCUT2D eigenvalue weighted by molar-refractivity contribution is 7.16. The largest absolute Gasteiger partial charge is 0.342 e. The number of aromatic nitrogens is 1. The Morgan fingerprint density at radius 2 is 2.32 bits per heavy atom. The molecule has 1 fully saturated rings. The molecule has 1 saturated heterocycles. The van der Waals surface area contributed by atoms with Crippen molar-refractivity contribution >= 4 is 28.8 Å². The van der Waals surface area contributed by atoms with E-state index >= 15 is 0 Å². The molecule has 0 radical (unpaired) electrons. The predicted octanol–water partition coefficient (Wildman–Crippen LogP) is 3.71. The molecule has 3 heterocycles. The zero-order valence-corrected chi connectivity index (χ0v) is 16.1. The number of amides is 1. The fraction of sp³-hybridized carbons (Fsp3) is 0.474. The molecule has 6 heteroatoms. The van der Waals surface area contributed by atoms with E-state index in [-0.39, 0.29) is 5.91 Å². The van der Waals surface area contributed by atoms with Crippen LogP contribution in [0.1, 0.15) is 23.3 Å². The Morgan fingerprint density at radius 3 is 3.04 bits per heavy atom. The Labute approximate surface area is 158 Å². The Kier molecular flexibility index (Phi) is 6.45. The molecule has 25 heavy (non-hydrogen) atoms. The van der Waals surface area contributed by atoms with E-state index in [0.717, 1.165) is 41.8 Å². The maximum atomic E-state index is 12.6. The van der Waals surface area contributed by atoms with Gasteiger partial charge in [0.25, 0.3) is 0 Å². The van der Waals surface area contributed by atoms with Crippen LogP contribution < -0.4 is 0 Å². The van der Waals surface area contributed by atoms with Crippen LogP contribution in [0.4, 0.5) is 0 Å². The molecular weight excluding hydrogens is 354 g/mol. The Balaban J connectivity index is 1.49. The first-order valence-electron chi connectivity index (χ1n) is 8.69. The van der Waals surface area contributed by atoms with E-state index in [1.807, 2.05) is 29.3 Å². The number of piperidine rings is 1. The quantitative estimate of drug-likeness (QED) is 0.770. The van der Waals surface area contributed by atoms with Gasteiger partial charge in [0, 0.05) is 43.4 Å². The molecule has 1 atom stereocenters. The monoisotopic (exact) mass is 377 g/mol. The fourth-order valence-electron chi connectivity index (χ4n) is 3.46. The van der Waals surface area contributed by atoms with Crippen LogP contribution in [-0.4, -0.2) is 47.4 Å². The lowest BCUT2D eigenvalue weighted by Crippen LogP contribution is -2.43. The summed E-state index contributed by atoms with van der Waals surface area (Å²) in [6.45, 7) is 3.63. The minimum atomic E-state index is 0.220. The van der Waals surface area contributed by atoms with E-state index in [4.69, 9.17) is 11.6 Å². The van der Waals surface area contributed by atoms with Gasteiger partial charge < -0.3 is 9.80 Å². The molecule has 1 aliphatic heterocycles. The van der Waals surface area contributed by atoms with Gasteiger partial charge in [0.15, 0.2) is 0 Å². The molecular formula is C19H24ClN3OS. The fourth-order valence-corrected chi connectivity index (χ4v) is 4.54. The van der Waals surface area contributed by atoms with Crippen LogP contribution in [0.25, 0.3) is 0 Å². The Bertz CT molecular complexity index is 691. The Hall–Kier alpha value is -1.43. The zero-order chi connectivity index (χ0) is 17.6. The van der Waals surface area contributed by atoms with Crippen molar-refractivity contribution in [3.63, 3.8) is 0 Å². The number of rotatable bonds is 6. The lowest BCUT2D eigenvalue weighted by molar-refractivity contribution is -0.132. The van der Waals surface area contributed by atoms with Crippen LogP contribution in [0.15, 0.2) is 36.7 Å². The molecule has 2 aromatic rings. The third-order valence-corrected chi connectivity index (χ3v) is 5.80. The van der Waals surface area contributed by atoms with Crippen molar-refractivity contribution in [1.82, 2.24) is 14.8 Å². The minimum Gasteiger partial charge on any atom is -0.342 e. The lowest BCUT2D eigenvalue weighted by Gasteiger charge is -2.34. The van der Waals surface area contributed by atoms with Crippen molar-refractivity contribution in [3.05, 3.63) is 51.4 Å². The van der Waals surface area contributed by atoms with Crippen LogP contribution in [0, 0.1) is 5.92 Å². The van der Waals surface area contributed by atoms with Gasteiger partial charge in [-0.3, -0.25) is 9.78 Å². The summed E-state index contributed by atoms with van der Waals surface area (Å²) >= 11 is 7.46. The summed E-state index contributed by atoms with van der Waals surface area (Å²) in [5.74, 6) is 0.754. The molecule has 0 saturated carbocycles. The molecule has 0 unspecified atom stereocenters. The van der Waals surface area contributed by atoms with Gasteiger partial charge in [0.1, 0.15) is 0 Å². The van der Waals surface area contributed by atoms with E-state index < -0.39 is 0 Å². The van der Waals surface area contributed by atoms with Gasteiger partial charge in [0.2, 0.25) is 5.91 Å². The predicted molar refractivity (Wildman–Crippen MR) is 103 cm³/mol. The summed E-state index contributed by atoms with van der Waals surface area (Å²) in [5, 5.41) is 0. The van der Waals surface area contributed by atoms with Gasteiger partial charge >= 0.3 is 0 Å². The SMILES string of the molecule is CN(Cc1cccnc1)C[C@H]1CCCN(C(=O)Cc2ccc(Cl)s2)C1. The second kappa shape index (κ2) is 8.79. The average molecular weight is 378 g/mol. The topological polar surface area (TPSA) is 36.4 Å². The van der Waals surface area contributed by atoms with Gasteiger partial charge in [-0.2, -0.15) is 0 Å². The second-order valence-corrected chi connectivity index (χ2v) is 8.59. The highest BCUT2D eigenvalue weighted by Crippen LogP contribution is 2.24. The summed E-state index contributed by atoms with van der Waals surface area (Å²) in [5.41, 5.74) is 1.23.